The summed E-state index contributed by atoms with van der Waals surface area (Å²) in [5.74, 6) is 1.55. The van der Waals surface area contributed by atoms with E-state index in [2.05, 4.69) is 51.0 Å². The minimum absolute atomic E-state index is 0.103. The van der Waals surface area contributed by atoms with Gasteiger partial charge in [-0.1, -0.05) is 29.5 Å². The van der Waals surface area contributed by atoms with Crippen molar-refractivity contribution in [3.63, 3.8) is 0 Å². The second kappa shape index (κ2) is 9.05. The van der Waals surface area contributed by atoms with Crippen molar-refractivity contribution < 1.29 is 13.2 Å². The Balaban J connectivity index is 1.80. The molecule has 2 heterocycles. The summed E-state index contributed by atoms with van der Waals surface area (Å²) < 4.78 is 33.0. The van der Waals surface area contributed by atoms with Crippen LogP contribution in [0.3, 0.4) is 0 Å². The molecule has 1 aliphatic rings. The fourth-order valence-corrected chi connectivity index (χ4v) is 4.56. The SMILES string of the molecule is CNS(=O)(=O)CCCSc1nnc(N2CCOCC2)n1-c1ccc(C)cc1. The summed E-state index contributed by atoms with van der Waals surface area (Å²) in [6.45, 7) is 4.94. The Kier molecular flexibility index (Phi) is 6.74. The minimum Gasteiger partial charge on any atom is -0.378 e. The zero-order chi connectivity index (χ0) is 19.3. The molecule has 1 aromatic carbocycles. The van der Waals surface area contributed by atoms with Crippen LogP contribution in [0.4, 0.5) is 5.95 Å². The lowest BCUT2D eigenvalue weighted by Crippen LogP contribution is -2.37. The first-order valence-corrected chi connectivity index (χ1v) is 11.5. The van der Waals surface area contributed by atoms with Gasteiger partial charge in [-0.05, 0) is 32.5 Å². The number of rotatable bonds is 8. The maximum atomic E-state index is 11.6. The average Bonchev–Trinajstić information content (AvgIpc) is 3.10. The number of hydrogen-bond acceptors (Lipinski definition) is 7. The zero-order valence-corrected chi connectivity index (χ0v) is 17.2. The Morgan fingerprint density at radius 1 is 1.19 bits per heavy atom. The summed E-state index contributed by atoms with van der Waals surface area (Å²) in [5.41, 5.74) is 2.18. The zero-order valence-electron chi connectivity index (χ0n) is 15.6. The summed E-state index contributed by atoms with van der Waals surface area (Å²) in [4.78, 5) is 2.17. The lowest BCUT2D eigenvalue weighted by molar-refractivity contribution is 0.122. The van der Waals surface area contributed by atoms with Crippen LogP contribution in [0.1, 0.15) is 12.0 Å². The number of ether oxygens (including phenoxy) is 1. The largest absolute Gasteiger partial charge is 0.378 e. The molecule has 0 unspecified atom stereocenters. The molecule has 1 aromatic heterocycles. The van der Waals surface area contributed by atoms with Gasteiger partial charge in [0.05, 0.1) is 24.7 Å². The second-order valence-corrected chi connectivity index (χ2v) is 9.39. The average molecular weight is 412 g/mol. The number of aryl methyl sites for hydroxylation is 1. The van der Waals surface area contributed by atoms with Crippen molar-refractivity contribution in [1.29, 1.82) is 0 Å². The molecular formula is C17H25N5O3S2. The van der Waals surface area contributed by atoms with Crippen molar-refractivity contribution in [3.8, 4) is 5.69 Å². The Morgan fingerprint density at radius 3 is 2.56 bits per heavy atom. The molecule has 0 bridgehead atoms. The van der Waals surface area contributed by atoms with E-state index in [1.165, 1.54) is 24.4 Å². The Hall–Kier alpha value is -1.62. The lowest BCUT2D eigenvalue weighted by Gasteiger charge is -2.28. The van der Waals surface area contributed by atoms with Crippen LogP contribution in [0.5, 0.6) is 0 Å². The van der Waals surface area contributed by atoms with Crippen molar-refractivity contribution in [2.24, 2.45) is 0 Å². The molecule has 0 radical (unpaired) electrons. The van der Waals surface area contributed by atoms with Crippen LogP contribution >= 0.6 is 11.8 Å². The van der Waals surface area contributed by atoms with E-state index >= 15 is 0 Å². The van der Waals surface area contributed by atoms with Crippen LogP contribution in [0.15, 0.2) is 29.4 Å². The number of nitrogens with one attached hydrogen (secondary N) is 1. The van der Waals surface area contributed by atoms with Crippen LogP contribution in [0.2, 0.25) is 0 Å². The summed E-state index contributed by atoms with van der Waals surface area (Å²) >= 11 is 1.52. The molecule has 27 heavy (non-hydrogen) atoms. The predicted octanol–water partition coefficient (Wildman–Crippen LogP) is 1.44. The van der Waals surface area contributed by atoms with Gasteiger partial charge in [-0.3, -0.25) is 4.57 Å². The Bertz CT molecular complexity index is 846. The molecule has 3 rings (SSSR count). The van der Waals surface area contributed by atoms with E-state index in [9.17, 15) is 8.42 Å². The van der Waals surface area contributed by atoms with Crippen molar-refractivity contribution in [1.82, 2.24) is 19.5 Å². The molecule has 1 saturated heterocycles. The molecule has 0 amide bonds. The molecule has 1 N–H and O–H groups in total. The summed E-state index contributed by atoms with van der Waals surface area (Å²) in [7, 11) is -1.75. The van der Waals surface area contributed by atoms with Gasteiger partial charge < -0.3 is 9.64 Å². The third-order valence-corrected chi connectivity index (χ3v) is 6.77. The fourth-order valence-electron chi connectivity index (χ4n) is 2.76. The first-order valence-electron chi connectivity index (χ1n) is 8.89. The van der Waals surface area contributed by atoms with E-state index in [1.807, 2.05) is 4.57 Å². The standard InChI is InChI=1S/C17H25N5O3S2/c1-14-4-6-15(7-5-14)22-16(21-8-10-25-11-9-21)19-20-17(22)26-12-3-13-27(23,24)18-2/h4-7,18H,3,8-13H2,1-2H3. The van der Waals surface area contributed by atoms with E-state index in [0.29, 0.717) is 25.4 Å². The van der Waals surface area contributed by atoms with Crippen molar-refractivity contribution >= 4 is 27.7 Å². The third kappa shape index (κ3) is 5.22. The molecule has 2 aromatic rings. The molecule has 0 atom stereocenters. The number of anilines is 1. The van der Waals surface area contributed by atoms with E-state index < -0.39 is 10.0 Å². The highest BCUT2D eigenvalue weighted by Crippen LogP contribution is 2.27. The molecular weight excluding hydrogens is 386 g/mol. The number of nitrogens with zero attached hydrogens (tertiary/aromatic N) is 4. The molecule has 10 heteroatoms. The molecule has 1 aliphatic heterocycles. The van der Waals surface area contributed by atoms with E-state index in [0.717, 1.165) is 29.9 Å². The number of hydrogen-bond donors (Lipinski definition) is 1. The van der Waals surface area contributed by atoms with Crippen LogP contribution < -0.4 is 9.62 Å². The van der Waals surface area contributed by atoms with Gasteiger partial charge in [0, 0.05) is 18.8 Å². The van der Waals surface area contributed by atoms with Crippen molar-refractivity contribution in [3.05, 3.63) is 29.8 Å². The van der Waals surface area contributed by atoms with Crippen LogP contribution in [0, 0.1) is 6.92 Å². The highest BCUT2D eigenvalue weighted by Gasteiger charge is 2.21. The van der Waals surface area contributed by atoms with Gasteiger partial charge in [-0.25, -0.2) is 13.1 Å². The maximum Gasteiger partial charge on any atom is 0.232 e. The van der Waals surface area contributed by atoms with Gasteiger partial charge in [-0.15, -0.1) is 10.2 Å². The predicted molar refractivity (Wildman–Crippen MR) is 107 cm³/mol. The van der Waals surface area contributed by atoms with E-state index in [4.69, 9.17) is 4.74 Å². The first-order chi connectivity index (χ1) is 13.0. The molecule has 8 nitrogen and oxygen atoms in total. The number of morpholine rings is 1. The normalized spacial score (nSPS) is 15.3. The smallest absolute Gasteiger partial charge is 0.232 e. The number of thioether (sulfide) groups is 1. The molecule has 0 aliphatic carbocycles. The van der Waals surface area contributed by atoms with Gasteiger partial charge in [0.15, 0.2) is 5.16 Å². The summed E-state index contributed by atoms with van der Waals surface area (Å²) in [6.07, 6.45) is 0.543. The van der Waals surface area contributed by atoms with Gasteiger partial charge in [0.25, 0.3) is 0 Å². The monoisotopic (exact) mass is 411 g/mol. The molecule has 148 valence electrons. The summed E-state index contributed by atoms with van der Waals surface area (Å²) in [6, 6.07) is 8.23. The highest BCUT2D eigenvalue weighted by molar-refractivity contribution is 7.99. The van der Waals surface area contributed by atoms with Crippen LogP contribution in [-0.2, 0) is 14.8 Å². The molecule has 1 fully saturated rings. The quantitative estimate of drug-likeness (QED) is 0.519. The van der Waals surface area contributed by atoms with Crippen molar-refractivity contribution in [2.75, 3.05) is 49.8 Å². The van der Waals surface area contributed by atoms with E-state index in [-0.39, 0.29) is 5.75 Å². The lowest BCUT2D eigenvalue weighted by atomic mass is 10.2. The van der Waals surface area contributed by atoms with E-state index in [1.54, 1.807) is 0 Å². The third-order valence-electron chi connectivity index (χ3n) is 4.30. The minimum atomic E-state index is -3.18. The summed E-state index contributed by atoms with van der Waals surface area (Å²) in [5, 5.41) is 9.55. The van der Waals surface area contributed by atoms with Gasteiger partial charge in [-0.2, -0.15) is 0 Å². The second-order valence-electron chi connectivity index (χ2n) is 6.28. The molecule has 0 saturated carbocycles. The Labute approximate surface area is 164 Å². The fraction of sp³-hybridized carbons (Fsp3) is 0.529. The highest BCUT2D eigenvalue weighted by atomic mass is 32.2. The van der Waals surface area contributed by atoms with Crippen molar-refractivity contribution in [2.45, 2.75) is 18.5 Å². The number of benzene rings is 1. The topological polar surface area (TPSA) is 89.3 Å². The first kappa shape index (κ1) is 20.1. The van der Waals surface area contributed by atoms with Gasteiger partial charge >= 0.3 is 0 Å². The van der Waals surface area contributed by atoms with Crippen LogP contribution in [-0.4, -0.2) is 68.0 Å². The number of sulfonamides is 1. The maximum absolute atomic E-state index is 11.6. The Morgan fingerprint density at radius 2 is 1.89 bits per heavy atom. The van der Waals surface area contributed by atoms with Gasteiger partial charge in [0.1, 0.15) is 0 Å². The molecule has 0 spiro atoms. The number of aromatic nitrogens is 3. The van der Waals surface area contributed by atoms with Gasteiger partial charge in [0.2, 0.25) is 16.0 Å². The van der Waals surface area contributed by atoms with Crippen LogP contribution in [0.25, 0.3) is 5.69 Å².